The highest BCUT2D eigenvalue weighted by molar-refractivity contribution is 14.1. The molecule has 0 unspecified atom stereocenters. The summed E-state index contributed by atoms with van der Waals surface area (Å²) >= 11 is 5.76. The Morgan fingerprint density at radius 1 is 1.44 bits per heavy atom. The zero-order valence-corrected chi connectivity index (χ0v) is 10.7. The summed E-state index contributed by atoms with van der Waals surface area (Å²) in [5.41, 5.74) is 0. The van der Waals surface area contributed by atoms with Crippen molar-refractivity contribution in [2.24, 2.45) is 0 Å². The fraction of sp³-hybridized carbons (Fsp3) is 0. The Morgan fingerprint density at radius 2 is 2.11 bits per heavy atom. The van der Waals surface area contributed by atoms with Gasteiger partial charge in [-0.1, -0.05) is 27.2 Å². The molecule has 0 nitrogen and oxygen atoms in total. The van der Waals surface area contributed by atoms with Gasteiger partial charge >= 0.3 is 0 Å². The molecule has 1 aromatic rings. The minimum Gasteiger partial charge on any atom is -0.0619 e. The van der Waals surface area contributed by atoms with Crippen molar-refractivity contribution in [2.75, 3.05) is 0 Å². The van der Waals surface area contributed by atoms with E-state index in [4.69, 9.17) is 0 Å². The van der Waals surface area contributed by atoms with Gasteiger partial charge in [-0.05, 0) is 34.7 Å². The minimum atomic E-state index is 1.15. The fourth-order valence-corrected chi connectivity index (χ4v) is 2.18. The molecule has 0 atom stereocenters. The molecule has 0 fully saturated rings. The average Bonchev–Trinajstić information content (AvgIpc) is 1.80. The maximum absolute atomic E-state index is 3.41. The molecule has 0 aliphatic carbocycles. The van der Waals surface area contributed by atoms with Crippen LogP contribution in [0.25, 0.3) is 0 Å². The lowest BCUT2D eigenvalue weighted by molar-refractivity contribution is 1.65. The van der Waals surface area contributed by atoms with Gasteiger partial charge < -0.3 is 0 Å². The zero-order valence-electron chi connectivity index (χ0n) is 4.99. The quantitative estimate of drug-likeness (QED) is 0.496. The highest BCUT2D eigenvalue weighted by Gasteiger charge is 1.91. The van der Waals surface area contributed by atoms with Crippen molar-refractivity contribution in [1.29, 1.82) is 0 Å². The molecule has 0 radical (unpaired) electrons. The second-order valence-electron chi connectivity index (χ2n) is 1.89. The van der Waals surface area contributed by atoms with E-state index in [1.54, 1.807) is 0 Å². The number of hydrogen-bond acceptors (Lipinski definition) is 0. The van der Waals surface area contributed by atoms with Gasteiger partial charge in [-0.3, -0.25) is 0 Å². The first kappa shape index (κ1) is 7.75. The lowest BCUT2D eigenvalue weighted by atomic mass is 10.4. The zero-order chi connectivity index (χ0) is 6.85. The molecule has 0 heterocycles. The van der Waals surface area contributed by atoms with E-state index in [0.29, 0.717) is 0 Å². The summed E-state index contributed by atoms with van der Waals surface area (Å²) in [7, 11) is 1.15. The first-order valence-corrected chi connectivity index (χ1v) is 5.49. The maximum atomic E-state index is 3.41. The normalized spacial score (nSPS) is 10.0. The highest BCUT2D eigenvalue weighted by atomic mass is 127. The Hall–Kier alpha value is 0.647. The third-order valence-electron chi connectivity index (χ3n) is 1.13. The van der Waals surface area contributed by atoms with Crippen molar-refractivity contribution in [2.45, 2.75) is 0 Å². The summed E-state index contributed by atoms with van der Waals surface area (Å²) in [6, 6.07) is 6.39. The van der Waals surface area contributed by atoms with Crippen molar-refractivity contribution >= 4 is 54.0 Å². The van der Waals surface area contributed by atoms with Crippen LogP contribution in [0.5, 0.6) is 0 Å². The smallest absolute Gasteiger partial charge is 0.0398 e. The number of benzene rings is 1. The number of hydrogen-bond donors (Lipinski definition) is 0. The molecule has 0 aromatic heterocycles. The van der Waals surface area contributed by atoms with Crippen LogP contribution in [0.15, 0.2) is 22.7 Å². The maximum Gasteiger partial charge on any atom is 0.0398 e. The van der Waals surface area contributed by atoms with Crippen molar-refractivity contribution in [3.8, 4) is 0 Å². The molecule has 0 amide bonds. The molecule has 48 valence electrons. The molecule has 0 aliphatic rings. The lowest BCUT2D eigenvalue weighted by Crippen LogP contribution is -2.05. The Kier molecular flexibility index (Phi) is 2.72. The highest BCUT2D eigenvalue weighted by Crippen LogP contribution is 2.10. The lowest BCUT2D eigenvalue weighted by Gasteiger charge is -1.95. The molecule has 0 N–H and O–H groups in total. The molecule has 0 bridgehead atoms. The Morgan fingerprint density at radius 3 is 2.56 bits per heavy atom. The van der Waals surface area contributed by atoms with Crippen LogP contribution in [0.2, 0.25) is 0 Å². The van der Waals surface area contributed by atoms with Crippen LogP contribution in [0.4, 0.5) is 0 Å². The average molecular weight is 313 g/mol. The molecule has 0 saturated carbocycles. The van der Waals surface area contributed by atoms with Crippen LogP contribution in [-0.4, -0.2) is 10.2 Å². The third kappa shape index (κ3) is 2.05. The molecule has 0 saturated heterocycles. The molecular formula is C6H6BrISi. The fourth-order valence-electron chi connectivity index (χ4n) is 0.567. The summed E-state index contributed by atoms with van der Waals surface area (Å²) in [4.78, 5) is 0. The first-order valence-electron chi connectivity index (χ1n) is 2.62. The van der Waals surface area contributed by atoms with Gasteiger partial charge in [0, 0.05) is 18.3 Å². The van der Waals surface area contributed by atoms with Crippen LogP contribution >= 0.6 is 38.5 Å². The minimum absolute atomic E-state index is 1.15. The van der Waals surface area contributed by atoms with Crippen LogP contribution in [0.3, 0.4) is 0 Å². The summed E-state index contributed by atoms with van der Waals surface area (Å²) in [6.07, 6.45) is 0. The predicted molar refractivity (Wildman–Crippen MR) is 56.4 cm³/mol. The Bertz CT molecular complexity index is 224. The summed E-state index contributed by atoms with van der Waals surface area (Å²) in [6.45, 7) is 0. The molecule has 1 rings (SSSR count). The standard InChI is InChI=1S/C6H6BrISi/c7-4-1-2-6(9)5(8)3-4/h1-3H,9H3. The van der Waals surface area contributed by atoms with E-state index in [1.807, 2.05) is 0 Å². The van der Waals surface area contributed by atoms with E-state index in [9.17, 15) is 0 Å². The van der Waals surface area contributed by atoms with Crippen LogP contribution in [-0.2, 0) is 0 Å². The van der Waals surface area contributed by atoms with Crippen molar-refractivity contribution < 1.29 is 0 Å². The Labute approximate surface area is 79.7 Å². The summed E-state index contributed by atoms with van der Waals surface area (Å²) in [5, 5.41) is 1.47. The molecule has 1 aromatic carbocycles. The van der Waals surface area contributed by atoms with E-state index in [2.05, 4.69) is 56.7 Å². The van der Waals surface area contributed by atoms with Gasteiger partial charge in [-0.25, -0.2) is 0 Å². The van der Waals surface area contributed by atoms with E-state index >= 15 is 0 Å². The molecule has 9 heavy (non-hydrogen) atoms. The second kappa shape index (κ2) is 3.16. The van der Waals surface area contributed by atoms with E-state index in [0.717, 1.165) is 10.2 Å². The van der Waals surface area contributed by atoms with Gasteiger partial charge in [0.1, 0.15) is 0 Å². The molecule has 0 aliphatic heterocycles. The SMILES string of the molecule is [SiH3]c1ccc(Br)cc1I. The van der Waals surface area contributed by atoms with Gasteiger partial charge in [0.25, 0.3) is 0 Å². The summed E-state index contributed by atoms with van der Waals surface area (Å²) in [5.74, 6) is 0. The van der Waals surface area contributed by atoms with Crippen molar-refractivity contribution in [3.63, 3.8) is 0 Å². The monoisotopic (exact) mass is 312 g/mol. The van der Waals surface area contributed by atoms with Gasteiger partial charge in [0.05, 0.1) is 0 Å². The van der Waals surface area contributed by atoms with E-state index < -0.39 is 0 Å². The Balaban J connectivity index is 3.17. The molecular weight excluding hydrogens is 307 g/mol. The number of halogens is 2. The predicted octanol–water partition coefficient (Wildman–Crippen LogP) is 1.04. The van der Waals surface area contributed by atoms with E-state index in [1.165, 1.54) is 13.2 Å². The topological polar surface area (TPSA) is 0 Å². The molecule has 3 heteroatoms. The van der Waals surface area contributed by atoms with Gasteiger partial charge in [0.2, 0.25) is 0 Å². The summed E-state index contributed by atoms with van der Waals surface area (Å²) < 4.78 is 2.54. The van der Waals surface area contributed by atoms with Crippen molar-refractivity contribution in [1.82, 2.24) is 0 Å². The largest absolute Gasteiger partial charge is 0.0619 e. The third-order valence-corrected chi connectivity index (χ3v) is 4.68. The van der Waals surface area contributed by atoms with Gasteiger partial charge in [-0.2, -0.15) is 0 Å². The van der Waals surface area contributed by atoms with Crippen LogP contribution < -0.4 is 5.19 Å². The number of rotatable bonds is 0. The van der Waals surface area contributed by atoms with E-state index in [-0.39, 0.29) is 0 Å². The molecule has 0 spiro atoms. The van der Waals surface area contributed by atoms with Crippen LogP contribution in [0.1, 0.15) is 0 Å². The van der Waals surface area contributed by atoms with Crippen LogP contribution in [0, 0.1) is 3.57 Å². The first-order chi connectivity index (χ1) is 4.20. The van der Waals surface area contributed by atoms with Gasteiger partial charge in [-0.15, -0.1) is 0 Å². The van der Waals surface area contributed by atoms with Gasteiger partial charge in [0.15, 0.2) is 0 Å². The van der Waals surface area contributed by atoms with Crippen molar-refractivity contribution in [3.05, 3.63) is 26.2 Å². The second-order valence-corrected chi connectivity index (χ2v) is 5.05.